The predicted molar refractivity (Wildman–Crippen MR) is 64.1 cm³/mol. The van der Waals surface area contributed by atoms with Crippen molar-refractivity contribution in [1.82, 2.24) is 14.8 Å². The molecule has 0 saturated heterocycles. The largest absolute Gasteiger partial charge is 0.323 e. The summed E-state index contributed by atoms with van der Waals surface area (Å²) in [6.07, 6.45) is 5.46. The number of rotatable bonds is 2. The molecule has 0 aliphatic rings. The zero-order chi connectivity index (χ0) is 11.7. The number of hydrogen-bond acceptors (Lipinski definition) is 3. The van der Waals surface area contributed by atoms with E-state index < -0.39 is 0 Å². The van der Waals surface area contributed by atoms with Gasteiger partial charge in [0, 0.05) is 36.6 Å². The highest BCUT2D eigenvalue weighted by molar-refractivity contribution is 6.31. The van der Waals surface area contributed by atoms with E-state index in [1.54, 1.807) is 17.1 Å². The minimum Gasteiger partial charge on any atom is -0.323 e. The molecule has 4 nitrogen and oxygen atoms in total. The van der Waals surface area contributed by atoms with Crippen LogP contribution in [-0.2, 0) is 7.05 Å². The van der Waals surface area contributed by atoms with Crippen LogP contribution in [0.1, 0.15) is 18.7 Å². The lowest BCUT2D eigenvalue weighted by Gasteiger charge is -2.07. The lowest BCUT2D eigenvalue weighted by Crippen LogP contribution is -2.07. The van der Waals surface area contributed by atoms with Crippen LogP contribution >= 0.6 is 11.6 Å². The van der Waals surface area contributed by atoms with Gasteiger partial charge in [0.2, 0.25) is 0 Å². The molecule has 2 N–H and O–H groups in total. The molecule has 0 aromatic carbocycles. The molecule has 2 rings (SSSR count). The van der Waals surface area contributed by atoms with E-state index in [-0.39, 0.29) is 6.04 Å². The number of nitrogens with zero attached hydrogens (tertiary/aromatic N) is 3. The van der Waals surface area contributed by atoms with Gasteiger partial charge in [-0.1, -0.05) is 11.6 Å². The van der Waals surface area contributed by atoms with Crippen molar-refractivity contribution >= 4 is 11.6 Å². The minimum absolute atomic E-state index is 0.157. The molecule has 2 aromatic heterocycles. The molecule has 0 aliphatic heterocycles. The number of halogens is 1. The summed E-state index contributed by atoms with van der Waals surface area (Å²) in [6.45, 7) is 1.86. The number of nitrogens with two attached hydrogens (primary N) is 1. The first-order valence-corrected chi connectivity index (χ1v) is 5.36. The van der Waals surface area contributed by atoms with Gasteiger partial charge in [-0.3, -0.25) is 9.67 Å². The van der Waals surface area contributed by atoms with E-state index in [1.807, 2.05) is 26.2 Å². The monoisotopic (exact) mass is 236 g/mol. The summed E-state index contributed by atoms with van der Waals surface area (Å²) < 4.78 is 1.74. The van der Waals surface area contributed by atoms with Crippen LogP contribution < -0.4 is 5.73 Å². The Bertz CT molecular complexity index is 504. The summed E-state index contributed by atoms with van der Waals surface area (Å²) in [5.41, 5.74) is 8.40. The molecule has 0 spiro atoms. The lowest BCUT2D eigenvalue weighted by molar-refractivity contribution is 0.768. The van der Waals surface area contributed by atoms with Gasteiger partial charge in [-0.15, -0.1) is 0 Å². The van der Waals surface area contributed by atoms with E-state index in [2.05, 4.69) is 10.1 Å². The van der Waals surface area contributed by atoms with E-state index in [1.165, 1.54) is 0 Å². The van der Waals surface area contributed by atoms with Crippen molar-refractivity contribution in [3.63, 3.8) is 0 Å². The summed E-state index contributed by atoms with van der Waals surface area (Å²) in [4.78, 5) is 4.27. The second-order valence-corrected chi connectivity index (χ2v) is 4.19. The average molecular weight is 237 g/mol. The lowest BCUT2D eigenvalue weighted by atomic mass is 10.1. The molecule has 1 unspecified atom stereocenters. The van der Waals surface area contributed by atoms with Gasteiger partial charge in [0.05, 0.1) is 16.9 Å². The number of aryl methyl sites for hydroxylation is 1. The molecular weight excluding hydrogens is 224 g/mol. The maximum atomic E-state index is 6.11. The van der Waals surface area contributed by atoms with Gasteiger partial charge in [0.15, 0.2) is 0 Å². The van der Waals surface area contributed by atoms with Gasteiger partial charge < -0.3 is 5.73 Å². The van der Waals surface area contributed by atoms with Crippen LogP contribution in [0, 0.1) is 0 Å². The standard InChI is InChI=1S/C11H13ClN4/c1-7(13)11-10(12)3-8(4-14-11)9-5-15-16(2)6-9/h3-7H,13H2,1-2H3. The summed E-state index contributed by atoms with van der Waals surface area (Å²) in [7, 11) is 1.87. The Morgan fingerprint density at radius 2 is 2.12 bits per heavy atom. The Labute approximate surface area is 99.1 Å². The van der Waals surface area contributed by atoms with E-state index in [4.69, 9.17) is 17.3 Å². The number of pyridine rings is 1. The summed E-state index contributed by atoms with van der Waals surface area (Å²) >= 11 is 6.11. The zero-order valence-electron chi connectivity index (χ0n) is 9.18. The summed E-state index contributed by atoms with van der Waals surface area (Å²) in [5, 5.41) is 4.70. The molecule has 0 amide bonds. The molecule has 84 valence electrons. The fraction of sp³-hybridized carbons (Fsp3) is 0.273. The molecule has 16 heavy (non-hydrogen) atoms. The van der Waals surface area contributed by atoms with Crippen molar-refractivity contribution in [2.24, 2.45) is 12.8 Å². The highest BCUT2D eigenvalue weighted by atomic mass is 35.5. The topological polar surface area (TPSA) is 56.7 Å². The Balaban J connectivity index is 2.42. The molecule has 0 bridgehead atoms. The maximum Gasteiger partial charge on any atom is 0.0754 e. The van der Waals surface area contributed by atoms with E-state index in [0.717, 1.165) is 11.1 Å². The first-order chi connectivity index (χ1) is 7.58. The average Bonchev–Trinajstić information content (AvgIpc) is 2.64. The van der Waals surface area contributed by atoms with Crippen molar-refractivity contribution in [1.29, 1.82) is 0 Å². The third kappa shape index (κ3) is 2.08. The predicted octanol–water partition coefficient (Wildman–Crippen LogP) is 2.16. The number of hydrogen-bond donors (Lipinski definition) is 1. The molecule has 2 heterocycles. The van der Waals surface area contributed by atoms with Gasteiger partial charge >= 0.3 is 0 Å². The van der Waals surface area contributed by atoms with Crippen molar-refractivity contribution < 1.29 is 0 Å². The van der Waals surface area contributed by atoms with Gasteiger partial charge in [-0.25, -0.2) is 0 Å². The maximum absolute atomic E-state index is 6.11. The third-order valence-corrected chi connectivity index (χ3v) is 2.64. The normalized spacial score (nSPS) is 12.8. The van der Waals surface area contributed by atoms with Crippen LogP contribution in [0.25, 0.3) is 11.1 Å². The highest BCUT2D eigenvalue weighted by Gasteiger charge is 2.09. The Kier molecular flexibility index (Phi) is 2.94. The van der Waals surface area contributed by atoms with Crippen molar-refractivity contribution in [2.45, 2.75) is 13.0 Å². The quantitative estimate of drug-likeness (QED) is 0.869. The van der Waals surface area contributed by atoms with E-state index in [9.17, 15) is 0 Å². The smallest absolute Gasteiger partial charge is 0.0754 e. The molecule has 0 aliphatic carbocycles. The van der Waals surface area contributed by atoms with Crippen LogP contribution in [0.4, 0.5) is 0 Å². The Morgan fingerprint density at radius 3 is 2.62 bits per heavy atom. The van der Waals surface area contributed by atoms with Crippen LogP contribution in [0.3, 0.4) is 0 Å². The first kappa shape index (κ1) is 11.1. The molecule has 2 aromatic rings. The summed E-state index contributed by atoms with van der Waals surface area (Å²) in [5.74, 6) is 0. The van der Waals surface area contributed by atoms with Gasteiger partial charge in [0.25, 0.3) is 0 Å². The second kappa shape index (κ2) is 4.23. The molecule has 0 radical (unpaired) electrons. The number of aromatic nitrogens is 3. The SMILES string of the molecule is CC(N)c1ncc(-c2cnn(C)c2)cc1Cl. The van der Waals surface area contributed by atoms with Gasteiger partial charge in [-0.2, -0.15) is 5.10 Å². The van der Waals surface area contributed by atoms with E-state index in [0.29, 0.717) is 10.7 Å². The van der Waals surface area contributed by atoms with Crippen LogP contribution in [0.2, 0.25) is 5.02 Å². The Morgan fingerprint density at radius 1 is 1.38 bits per heavy atom. The first-order valence-electron chi connectivity index (χ1n) is 4.98. The zero-order valence-corrected chi connectivity index (χ0v) is 9.94. The highest BCUT2D eigenvalue weighted by Crippen LogP contribution is 2.25. The third-order valence-electron chi connectivity index (χ3n) is 2.34. The van der Waals surface area contributed by atoms with Crippen LogP contribution in [0.15, 0.2) is 24.7 Å². The summed E-state index contributed by atoms with van der Waals surface area (Å²) in [6, 6.07) is 1.71. The molecule has 1 atom stereocenters. The van der Waals surface area contributed by atoms with Gasteiger partial charge in [0.1, 0.15) is 0 Å². The minimum atomic E-state index is -0.157. The van der Waals surface area contributed by atoms with Crippen molar-refractivity contribution in [3.8, 4) is 11.1 Å². The molecule has 0 fully saturated rings. The molecule has 5 heteroatoms. The van der Waals surface area contributed by atoms with Gasteiger partial charge in [-0.05, 0) is 13.0 Å². The van der Waals surface area contributed by atoms with Crippen LogP contribution in [0.5, 0.6) is 0 Å². The van der Waals surface area contributed by atoms with Crippen molar-refractivity contribution in [2.75, 3.05) is 0 Å². The fourth-order valence-electron chi connectivity index (χ4n) is 1.51. The Hall–Kier alpha value is -1.39. The molecular formula is C11H13ClN4. The molecule has 0 saturated carbocycles. The van der Waals surface area contributed by atoms with E-state index >= 15 is 0 Å². The second-order valence-electron chi connectivity index (χ2n) is 3.78. The van der Waals surface area contributed by atoms with Crippen LogP contribution in [-0.4, -0.2) is 14.8 Å². The van der Waals surface area contributed by atoms with Crippen molar-refractivity contribution in [3.05, 3.63) is 35.4 Å². The fourth-order valence-corrected chi connectivity index (χ4v) is 1.85.